The SMILES string of the molecule is CN=C(NCCCc1cccc(OC)c1)N(C)CC1CCOC1.I. The Morgan fingerprint density at radius 3 is 2.96 bits per heavy atom. The van der Waals surface area contributed by atoms with Crippen molar-refractivity contribution in [2.75, 3.05) is 47.5 Å². The minimum Gasteiger partial charge on any atom is -0.497 e. The number of nitrogens with one attached hydrogen (secondary N) is 1. The molecule has 0 spiro atoms. The number of benzene rings is 1. The van der Waals surface area contributed by atoms with Gasteiger partial charge in [-0.3, -0.25) is 4.99 Å². The summed E-state index contributed by atoms with van der Waals surface area (Å²) in [6, 6.07) is 8.26. The van der Waals surface area contributed by atoms with Crippen LogP contribution in [0, 0.1) is 5.92 Å². The van der Waals surface area contributed by atoms with Crippen molar-refractivity contribution < 1.29 is 9.47 Å². The number of nitrogens with zero attached hydrogens (tertiary/aromatic N) is 2. The normalized spacial score (nSPS) is 17.3. The zero-order chi connectivity index (χ0) is 16.5. The summed E-state index contributed by atoms with van der Waals surface area (Å²) in [5, 5.41) is 3.45. The van der Waals surface area contributed by atoms with Gasteiger partial charge in [0.15, 0.2) is 5.96 Å². The van der Waals surface area contributed by atoms with Gasteiger partial charge in [-0.15, -0.1) is 24.0 Å². The summed E-state index contributed by atoms with van der Waals surface area (Å²) < 4.78 is 10.7. The van der Waals surface area contributed by atoms with E-state index < -0.39 is 0 Å². The predicted octanol–water partition coefficient (Wildman–Crippen LogP) is 2.79. The number of hydrogen-bond donors (Lipinski definition) is 1. The van der Waals surface area contributed by atoms with E-state index in [-0.39, 0.29) is 24.0 Å². The molecule has 1 N–H and O–H groups in total. The van der Waals surface area contributed by atoms with E-state index >= 15 is 0 Å². The highest BCUT2D eigenvalue weighted by atomic mass is 127. The van der Waals surface area contributed by atoms with Gasteiger partial charge >= 0.3 is 0 Å². The van der Waals surface area contributed by atoms with E-state index in [9.17, 15) is 0 Å². The number of halogens is 1. The standard InChI is InChI=1S/C18H29N3O2.HI/c1-19-18(21(2)13-16-9-11-23-14-16)20-10-5-7-15-6-4-8-17(12-15)22-3;/h4,6,8,12,16H,5,7,9-11,13-14H2,1-3H3,(H,19,20);1H. The predicted molar refractivity (Wildman–Crippen MR) is 110 cm³/mol. The van der Waals surface area contributed by atoms with Gasteiger partial charge in [-0.2, -0.15) is 0 Å². The zero-order valence-corrected chi connectivity index (χ0v) is 17.3. The average Bonchev–Trinajstić information content (AvgIpc) is 3.08. The maximum Gasteiger partial charge on any atom is 0.193 e. The van der Waals surface area contributed by atoms with Crippen LogP contribution in [0.15, 0.2) is 29.3 Å². The Balaban J connectivity index is 0.00000288. The van der Waals surface area contributed by atoms with Crippen molar-refractivity contribution in [2.45, 2.75) is 19.3 Å². The molecule has 1 saturated heterocycles. The van der Waals surface area contributed by atoms with Crippen LogP contribution >= 0.6 is 24.0 Å². The molecule has 1 aliphatic rings. The largest absolute Gasteiger partial charge is 0.497 e. The quantitative estimate of drug-likeness (QED) is 0.302. The third-order valence-corrected chi connectivity index (χ3v) is 4.19. The molecule has 1 fully saturated rings. The van der Waals surface area contributed by atoms with Gasteiger partial charge in [0.1, 0.15) is 5.75 Å². The van der Waals surface area contributed by atoms with E-state index in [1.54, 1.807) is 7.11 Å². The second kappa shape index (κ2) is 11.5. The molecular formula is C18H30IN3O2. The highest BCUT2D eigenvalue weighted by molar-refractivity contribution is 14.0. The third-order valence-electron chi connectivity index (χ3n) is 4.19. The second-order valence-corrected chi connectivity index (χ2v) is 6.04. The van der Waals surface area contributed by atoms with Crippen LogP contribution in [0.5, 0.6) is 5.75 Å². The van der Waals surface area contributed by atoms with Gasteiger partial charge in [0.2, 0.25) is 0 Å². The Hall–Kier alpha value is -1.02. The minimum atomic E-state index is 0. The monoisotopic (exact) mass is 447 g/mol. The summed E-state index contributed by atoms with van der Waals surface area (Å²) >= 11 is 0. The van der Waals surface area contributed by atoms with Gasteiger partial charge in [-0.1, -0.05) is 12.1 Å². The fourth-order valence-corrected chi connectivity index (χ4v) is 2.91. The molecule has 1 aromatic rings. The van der Waals surface area contributed by atoms with E-state index in [0.29, 0.717) is 5.92 Å². The van der Waals surface area contributed by atoms with Gasteiger partial charge < -0.3 is 19.7 Å². The molecule has 1 aliphatic heterocycles. The van der Waals surface area contributed by atoms with Crippen molar-refractivity contribution in [1.29, 1.82) is 0 Å². The Morgan fingerprint density at radius 1 is 1.46 bits per heavy atom. The van der Waals surface area contributed by atoms with Crippen LogP contribution in [0.25, 0.3) is 0 Å². The Morgan fingerprint density at radius 2 is 2.29 bits per heavy atom. The van der Waals surface area contributed by atoms with E-state index in [0.717, 1.165) is 57.3 Å². The summed E-state index contributed by atoms with van der Waals surface area (Å²) in [6.45, 7) is 3.67. The Kier molecular flexibility index (Phi) is 10.1. The molecule has 0 saturated carbocycles. The summed E-state index contributed by atoms with van der Waals surface area (Å²) in [4.78, 5) is 6.57. The lowest BCUT2D eigenvalue weighted by molar-refractivity contribution is 0.181. The van der Waals surface area contributed by atoms with Crippen LogP contribution in [0.3, 0.4) is 0 Å². The molecule has 0 bridgehead atoms. The average molecular weight is 447 g/mol. The Bertz CT molecular complexity index is 505. The lowest BCUT2D eigenvalue weighted by Crippen LogP contribution is -2.41. The molecular weight excluding hydrogens is 417 g/mol. The number of aryl methyl sites for hydroxylation is 1. The fourth-order valence-electron chi connectivity index (χ4n) is 2.91. The van der Waals surface area contributed by atoms with Crippen LogP contribution in [0.2, 0.25) is 0 Å². The number of methoxy groups -OCH3 is 1. The van der Waals surface area contributed by atoms with Crippen LogP contribution in [0.1, 0.15) is 18.4 Å². The van der Waals surface area contributed by atoms with Crippen LogP contribution in [0.4, 0.5) is 0 Å². The van der Waals surface area contributed by atoms with Gasteiger partial charge in [0.25, 0.3) is 0 Å². The molecule has 24 heavy (non-hydrogen) atoms. The molecule has 5 nitrogen and oxygen atoms in total. The van der Waals surface area contributed by atoms with Crippen molar-refractivity contribution in [3.8, 4) is 5.75 Å². The first-order valence-electron chi connectivity index (χ1n) is 8.35. The van der Waals surface area contributed by atoms with E-state index in [1.807, 2.05) is 19.2 Å². The van der Waals surface area contributed by atoms with Crippen molar-refractivity contribution >= 4 is 29.9 Å². The molecule has 0 aliphatic carbocycles. The van der Waals surface area contributed by atoms with Crippen LogP contribution in [-0.4, -0.2) is 58.4 Å². The smallest absolute Gasteiger partial charge is 0.193 e. The maximum atomic E-state index is 5.44. The second-order valence-electron chi connectivity index (χ2n) is 6.04. The van der Waals surface area contributed by atoms with Crippen molar-refractivity contribution in [1.82, 2.24) is 10.2 Å². The van der Waals surface area contributed by atoms with Crippen molar-refractivity contribution in [3.63, 3.8) is 0 Å². The first-order chi connectivity index (χ1) is 11.2. The highest BCUT2D eigenvalue weighted by Crippen LogP contribution is 2.14. The number of aliphatic imine (C=N–C) groups is 1. The third kappa shape index (κ3) is 6.84. The minimum absolute atomic E-state index is 0. The fraction of sp³-hybridized carbons (Fsp3) is 0.611. The topological polar surface area (TPSA) is 46.1 Å². The van der Waals surface area contributed by atoms with Gasteiger partial charge in [-0.05, 0) is 37.0 Å². The number of hydrogen-bond acceptors (Lipinski definition) is 3. The molecule has 0 amide bonds. The number of rotatable bonds is 7. The summed E-state index contributed by atoms with van der Waals surface area (Å²) in [5.74, 6) is 2.50. The lowest BCUT2D eigenvalue weighted by Gasteiger charge is -2.24. The van der Waals surface area contributed by atoms with Gasteiger partial charge in [0, 0.05) is 39.7 Å². The van der Waals surface area contributed by atoms with Gasteiger partial charge in [-0.25, -0.2) is 0 Å². The molecule has 6 heteroatoms. The molecule has 2 rings (SSSR count). The highest BCUT2D eigenvalue weighted by Gasteiger charge is 2.18. The van der Waals surface area contributed by atoms with Crippen LogP contribution in [-0.2, 0) is 11.2 Å². The maximum absolute atomic E-state index is 5.44. The number of guanidine groups is 1. The van der Waals surface area contributed by atoms with E-state index in [4.69, 9.17) is 9.47 Å². The molecule has 0 radical (unpaired) electrons. The van der Waals surface area contributed by atoms with E-state index in [1.165, 1.54) is 5.56 Å². The first-order valence-corrected chi connectivity index (χ1v) is 8.35. The molecule has 1 atom stereocenters. The van der Waals surface area contributed by atoms with Crippen molar-refractivity contribution in [3.05, 3.63) is 29.8 Å². The summed E-state index contributed by atoms with van der Waals surface area (Å²) in [7, 11) is 5.64. The van der Waals surface area contributed by atoms with Crippen molar-refractivity contribution in [2.24, 2.45) is 10.9 Å². The summed E-state index contributed by atoms with van der Waals surface area (Å²) in [5.41, 5.74) is 1.30. The first kappa shape index (κ1) is 21.0. The van der Waals surface area contributed by atoms with Gasteiger partial charge in [0.05, 0.1) is 13.7 Å². The summed E-state index contributed by atoms with van der Waals surface area (Å²) in [6.07, 6.45) is 3.24. The molecule has 1 unspecified atom stereocenters. The van der Waals surface area contributed by atoms with E-state index in [2.05, 4.69) is 34.4 Å². The Labute approximate surface area is 162 Å². The van der Waals surface area contributed by atoms with Crippen LogP contribution < -0.4 is 10.1 Å². The number of ether oxygens (including phenoxy) is 2. The molecule has 0 aromatic heterocycles. The molecule has 136 valence electrons. The lowest BCUT2D eigenvalue weighted by atomic mass is 10.1. The molecule has 1 aromatic carbocycles. The zero-order valence-electron chi connectivity index (χ0n) is 15.0. The molecule has 1 heterocycles.